The number of hydrogen-bond donors (Lipinski definition) is 1. The van der Waals surface area contributed by atoms with Crippen LogP contribution in [0.4, 0.5) is 10.1 Å². The highest BCUT2D eigenvalue weighted by molar-refractivity contribution is 7.92. The highest BCUT2D eigenvalue weighted by atomic mass is 32.2. The van der Waals surface area contributed by atoms with Crippen molar-refractivity contribution in [3.63, 3.8) is 0 Å². The molecule has 3 aromatic rings. The van der Waals surface area contributed by atoms with Crippen molar-refractivity contribution in [3.05, 3.63) is 83.7 Å². The zero-order valence-electron chi connectivity index (χ0n) is 12.7. The predicted octanol–water partition coefficient (Wildman–Crippen LogP) is 4.20. The van der Waals surface area contributed by atoms with Gasteiger partial charge in [0.1, 0.15) is 5.82 Å². The van der Waals surface area contributed by atoms with Gasteiger partial charge in [-0.25, -0.2) is 12.8 Å². The topological polar surface area (TPSA) is 46.2 Å². The SMILES string of the molecule is O=S(=O)(Nc1ccc2c(c1)Cc1ccccc1-2)c1cccc(F)c1. The minimum Gasteiger partial charge on any atom is -0.280 e. The monoisotopic (exact) mass is 339 g/mol. The van der Waals surface area contributed by atoms with Crippen LogP contribution in [-0.2, 0) is 16.4 Å². The molecule has 0 saturated heterocycles. The molecule has 1 N–H and O–H groups in total. The molecule has 0 fully saturated rings. The number of anilines is 1. The lowest BCUT2D eigenvalue weighted by Gasteiger charge is -2.10. The molecule has 24 heavy (non-hydrogen) atoms. The molecule has 0 bridgehead atoms. The first-order valence-corrected chi connectivity index (χ1v) is 9.01. The fourth-order valence-corrected chi connectivity index (χ4v) is 4.14. The third-order valence-corrected chi connectivity index (χ3v) is 5.53. The third-order valence-electron chi connectivity index (χ3n) is 4.15. The molecular formula is C19H14FNO2S. The molecule has 4 rings (SSSR count). The Balaban J connectivity index is 1.67. The minimum atomic E-state index is -3.81. The minimum absolute atomic E-state index is 0.0914. The summed E-state index contributed by atoms with van der Waals surface area (Å²) in [4.78, 5) is -0.0914. The molecule has 120 valence electrons. The molecule has 3 nitrogen and oxygen atoms in total. The van der Waals surface area contributed by atoms with E-state index in [1.165, 1.54) is 29.3 Å². The van der Waals surface area contributed by atoms with Crippen molar-refractivity contribution in [2.75, 3.05) is 4.72 Å². The molecule has 0 saturated carbocycles. The van der Waals surface area contributed by atoms with Gasteiger partial charge in [0.2, 0.25) is 0 Å². The Bertz CT molecular complexity index is 1040. The second-order valence-electron chi connectivity index (χ2n) is 5.77. The fourth-order valence-electron chi connectivity index (χ4n) is 3.06. The van der Waals surface area contributed by atoms with Crippen molar-refractivity contribution in [2.24, 2.45) is 0 Å². The second kappa shape index (κ2) is 5.46. The molecule has 1 aliphatic rings. The summed E-state index contributed by atoms with van der Waals surface area (Å²) in [5.74, 6) is -0.581. The Morgan fingerprint density at radius 1 is 0.833 bits per heavy atom. The normalized spacial score (nSPS) is 12.5. The van der Waals surface area contributed by atoms with Crippen LogP contribution in [0.15, 0.2) is 71.6 Å². The van der Waals surface area contributed by atoms with Crippen LogP contribution in [-0.4, -0.2) is 8.42 Å². The van der Waals surface area contributed by atoms with E-state index < -0.39 is 15.8 Å². The summed E-state index contributed by atoms with van der Waals surface area (Å²) >= 11 is 0. The summed E-state index contributed by atoms with van der Waals surface area (Å²) in [5.41, 5.74) is 5.10. The van der Waals surface area contributed by atoms with Crippen LogP contribution in [0.25, 0.3) is 11.1 Å². The van der Waals surface area contributed by atoms with Gasteiger partial charge in [-0.05, 0) is 59.0 Å². The molecule has 0 amide bonds. The Labute approximate surface area is 139 Å². The maximum atomic E-state index is 13.3. The van der Waals surface area contributed by atoms with Crippen molar-refractivity contribution >= 4 is 15.7 Å². The van der Waals surface area contributed by atoms with Crippen molar-refractivity contribution < 1.29 is 12.8 Å². The third kappa shape index (κ3) is 2.57. The molecule has 0 spiro atoms. The van der Waals surface area contributed by atoms with E-state index in [0.29, 0.717) is 5.69 Å². The van der Waals surface area contributed by atoms with Gasteiger partial charge in [-0.3, -0.25) is 4.72 Å². The number of sulfonamides is 1. The molecule has 1 aliphatic carbocycles. The largest absolute Gasteiger partial charge is 0.280 e. The highest BCUT2D eigenvalue weighted by Crippen LogP contribution is 2.37. The van der Waals surface area contributed by atoms with Gasteiger partial charge in [0.25, 0.3) is 10.0 Å². The summed E-state index contributed by atoms with van der Waals surface area (Å²) in [5, 5.41) is 0. The zero-order valence-corrected chi connectivity index (χ0v) is 13.5. The molecule has 0 heterocycles. The molecule has 5 heteroatoms. The average molecular weight is 339 g/mol. The first kappa shape index (κ1) is 14.9. The second-order valence-corrected chi connectivity index (χ2v) is 7.45. The van der Waals surface area contributed by atoms with Gasteiger partial charge < -0.3 is 0 Å². The molecular weight excluding hydrogens is 325 g/mol. The van der Waals surface area contributed by atoms with Gasteiger partial charge >= 0.3 is 0 Å². The molecule has 0 atom stereocenters. The Hall–Kier alpha value is -2.66. The summed E-state index contributed by atoms with van der Waals surface area (Å²) < 4.78 is 40.6. The number of halogens is 1. The fraction of sp³-hybridized carbons (Fsp3) is 0.0526. The van der Waals surface area contributed by atoms with Crippen molar-refractivity contribution in [2.45, 2.75) is 11.3 Å². The maximum absolute atomic E-state index is 13.3. The van der Waals surface area contributed by atoms with Gasteiger partial charge in [-0.2, -0.15) is 0 Å². The van der Waals surface area contributed by atoms with E-state index in [1.807, 2.05) is 24.3 Å². The molecule has 0 radical (unpaired) electrons. The van der Waals surface area contributed by atoms with Crippen LogP contribution in [0.3, 0.4) is 0 Å². The van der Waals surface area contributed by atoms with E-state index in [4.69, 9.17) is 0 Å². The Morgan fingerprint density at radius 2 is 1.62 bits per heavy atom. The Morgan fingerprint density at radius 3 is 2.46 bits per heavy atom. The van der Waals surface area contributed by atoms with Gasteiger partial charge in [-0.15, -0.1) is 0 Å². The summed E-state index contributed by atoms with van der Waals surface area (Å²) in [6.07, 6.45) is 0.779. The van der Waals surface area contributed by atoms with E-state index in [2.05, 4.69) is 16.9 Å². The summed E-state index contributed by atoms with van der Waals surface area (Å²) in [6, 6.07) is 18.6. The summed E-state index contributed by atoms with van der Waals surface area (Å²) in [6.45, 7) is 0. The summed E-state index contributed by atoms with van der Waals surface area (Å²) in [7, 11) is -3.81. The first-order valence-electron chi connectivity index (χ1n) is 7.52. The van der Waals surface area contributed by atoms with Crippen LogP contribution in [0, 0.1) is 5.82 Å². The lowest BCUT2D eigenvalue weighted by molar-refractivity contribution is 0.595. The molecule has 3 aromatic carbocycles. The number of fused-ring (bicyclic) bond motifs is 3. The number of nitrogens with one attached hydrogen (secondary N) is 1. The molecule has 0 aromatic heterocycles. The van der Waals surface area contributed by atoms with E-state index >= 15 is 0 Å². The van der Waals surface area contributed by atoms with E-state index in [-0.39, 0.29) is 4.90 Å². The first-order chi connectivity index (χ1) is 11.5. The quantitative estimate of drug-likeness (QED) is 0.608. The zero-order chi connectivity index (χ0) is 16.7. The van der Waals surface area contributed by atoms with Gasteiger partial charge in [0, 0.05) is 5.69 Å². The lowest BCUT2D eigenvalue weighted by Crippen LogP contribution is -2.13. The number of benzene rings is 3. The van der Waals surface area contributed by atoms with Crippen molar-refractivity contribution in [3.8, 4) is 11.1 Å². The lowest BCUT2D eigenvalue weighted by atomic mass is 10.1. The van der Waals surface area contributed by atoms with Gasteiger partial charge in [-0.1, -0.05) is 36.4 Å². The van der Waals surface area contributed by atoms with Crippen molar-refractivity contribution in [1.82, 2.24) is 0 Å². The van der Waals surface area contributed by atoms with E-state index in [9.17, 15) is 12.8 Å². The molecule has 0 unspecified atom stereocenters. The van der Waals surface area contributed by atoms with Crippen LogP contribution in [0.5, 0.6) is 0 Å². The van der Waals surface area contributed by atoms with E-state index in [1.54, 1.807) is 6.07 Å². The van der Waals surface area contributed by atoms with Gasteiger partial charge in [0.05, 0.1) is 4.90 Å². The number of rotatable bonds is 3. The van der Waals surface area contributed by atoms with Crippen molar-refractivity contribution in [1.29, 1.82) is 0 Å². The van der Waals surface area contributed by atoms with Crippen LogP contribution < -0.4 is 4.72 Å². The predicted molar refractivity (Wildman–Crippen MR) is 91.9 cm³/mol. The highest BCUT2D eigenvalue weighted by Gasteiger charge is 2.20. The standard InChI is InChI=1S/C19H14FNO2S/c20-15-5-3-6-17(12-15)24(22,23)21-16-8-9-19-14(11-16)10-13-4-1-2-7-18(13)19/h1-9,11-12,21H,10H2. The van der Waals surface area contributed by atoms with Crippen LogP contribution in [0.1, 0.15) is 11.1 Å². The van der Waals surface area contributed by atoms with E-state index in [0.717, 1.165) is 23.6 Å². The smallest absolute Gasteiger partial charge is 0.261 e. The van der Waals surface area contributed by atoms with Crippen LogP contribution in [0.2, 0.25) is 0 Å². The average Bonchev–Trinajstić information content (AvgIpc) is 2.92. The maximum Gasteiger partial charge on any atom is 0.261 e. The Kier molecular flexibility index (Phi) is 3.39. The molecule has 0 aliphatic heterocycles. The van der Waals surface area contributed by atoms with Crippen LogP contribution >= 0.6 is 0 Å². The number of hydrogen-bond acceptors (Lipinski definition) is 2. The van der Waals surface area contributed by atoms with Gasteiger partial charge in [0.15, 0.2) is 0 Å².